The Bertz CT molecular complexity index is 833. The van der Waals surface area contributed by atoms with Gasteiger partial charge in [-0.15, -0.1) is 0 Å². The van der Waals surface area contributed by atoms with E-state index in [0.29, 0.717) is 47.1 Å². The number of hydrogen-bond acceptors (Lipinski definition) is 4. The first-order valence-corrected chi connectivity index (χ1v) is 9.53. The molecule has 150 valence electrons. The van der Waals surface area contributed by atoms with E-state index in [1.54, 1.807) is 31.4 Å². The van der Waals surface area contributed by atoms with Crippen LogP contribution in [0.25, 0.3) is 6.08 Å². The van der Waals surface area contributed by atoms with Crippen molar-refractivity contribution in [3.05, 3.63) is 53.1 Å². The van der Waals surface area contributed by atoms with Crippen LogP contribution in [0.3, 0.4) is 0 Å². The minimum absolute atomic E-state index is 0.276. The van der Waals surface area contributed by atoms with Gasteiger partial charge in [-0.05, 0) is 48.7 Å². The molecule has 0 radical (unpaired) electrons. The van der Waals surface area contributed by atoms with E-state index in [0.717, 1.165) is 5.56 Å². The number of rotatable bonds is 9. The van der Waals surface area contributed by atoms with Gasteiger partial charge in [0.25, 0.3) is 0 Å². The van der Waals surface area contributed by atoms with Gasteiger partial charge in [0.2, 0.25) is 5.91 Å². The number of anilines is 1. The number of nitrogens with one attached hydrogen (secondary N) is 1. The minimum atomic E-state index is -0.276. The molecule has 5 nitrogen and oxygen atoms in total. The van der Waals surface area contributed by atoms with Crippen molar-refractivity contribution in [1.29, 1.82) is 0 Å². The quantitative estimate of drug-likeness (QED) is 0.567. The topological polar surface area (TPSA) is 56.8 Å². The van der Waals surface area contributed by atoms with E-state index < -0.39 is 0 Å². The predicted molar refractivity (Wildman–Crippen MR) is 114 cm³/mol. The Kier molecular flexibility index (Phi) is 8.20. The Morgan fingerprint density at radius 3 is 2.61 bits per heavy atom. The molecule has 0 aliphatic rings. The lowest BCUT2D eigenvalue weighted by molar-refractivity contribution is -0.111. The van der Waals surface area contributed by atoms with E-state index in [4.69, 9.17) is 25.8 Å². The predicted octanol–water partition coefficient (Wildman–Crippen LogP) is 5.43. The fourth-order valence-corrected chi connectivity index (χ4v) is 2.70. The average Bonchev–Trinajstić information content (AvgIpc) is 2.66. The molecule has 2 aromatic carbocycles. The summed E-state index contributed by atoms with van der Waals surface area (Å²) in [4.78, 5) is 12.3. The van der Waals surface area contributed by atoms with Crippen LogP contribution in [-0.2, 0) is 4.79 Å². The molecular formula is C22H26ClNO4. The summed E-state index contributed by atoms with van der Waals surface area (Å²) in [6.45, 7) is 7.06. The first-order chi connectivity index (χ1) is 13.4. The van der Waals surface area contributed by atoms with Crippen molar-refractivity contribution in [2.75, 3.05) is 25.6 Å². The summed E-state index contributed by atoms with van der Waals surface area (Å²) in [5.41, 5.74) is 1.35. The van der Waals surface area contributed by atoms with Crippen LogP contribution in [0.4, 0.5) is 5.69 Å². The second kappa shape index (κ2) is 10.6. The van der Waals surface area contributed by atoms with Gasteiger partial charge in [-0.2, -0.15) is 0 Å². The molecule has 28 heavy (non-hydrogen) atoms. The molecule has 0 heterocycles. The summed E-state index contributed by atoms with van der Waals surface area (Å²) in [6, 6.07) is 10.8. The normalized spacial score (nSPS) is 10.9. The number of ether oxygens (including phenoxy) is 3. The maximum atomic E-state index is 12.3. The minimum Gasteiger partial charge on any atom is -0.493 e. The number of para-hydroxylation sites is 2. The van der Waals surface area contributed by atoms with Crippen LogP contribution in [0.5, 0.6) is 17.2 Å². The molecule has 0 aliphatic heterocycles. The average molecular weight is 404 g/mol. The number of halogens is 1. The first kappa shape index (κ1) is 21.6. The van der Waals surface area contributed by atoms with Crippen molar-refractivity contribution in [2.24, 2.45) is 5.92 Å². The highest BCUT2D eigenvalue weighted by Gasteiger charge is 2.12. The summed E-state index contributed by atoms with van der Waals surface area (Å²) >= 11 is 6.34. The van der Waals surface area contributed by atoms with Crippen LogP contribution in [0.15, 0.2) is 42.5 Å². The zero-order valence-electron chi connectivity index (χ0n) is 16.6. The molecule has 0 unspecified atom stereocenters. The molecule has 2 aromatic rings. The largest absolute Gasteiger partial charge is 0.493 e. The molecule has 0 bridgehead atoms. The molecule has 0 saturated carbocycles. The highest BCUT2D eigenvalue weighted by molar-refractivity contribution is 6.32. The fourth-order valence-electron chi connectivity index (χ4n) is 2.42. The van der Waals surface area contributed by atoms with Crippen LogP contribution < -0.4 is 19.5 Å². The molecule has 0 spiro atoms. The fraction of sp³-hybridized carbons (Fsp3) is 0.318. The van der Waals surface area contributed by atoms with Crippen molar-refractivity contribution in [1.82, 2.24) is 0 Å². The van der Waals surface area contributed by atoms with Crippen LogP contribution >= 0.6 is 11.6 Å². The van der Waals surface area contributed by atoms with Crippen molar-refractivity contribution < 1.29 is 19.0 Å². The van der Waals surface area contributed by atoms with Gasteiger partial charge >= 0.3 is 0 Å². The Morgan fingerprint density at radius 2 is 1.93 bits per heavy atom. The molecule has 0 fully saturated rings. The van der Waals surface area contributed by atoms with Gasteiger partial charge in [-0.3, -0.25) is 4.79 Å². The lowest BCUT2D eigenvalue weighted by atomic mass is 10.1. The molecule has 0 atom stereocenters. The van der Waals surface area contributed by atoms with Crippen LogP contribution in [0.1, 0.15) is 26.3 Å². The van der Waals surface area contributed by atoms with Crippen molar-refractivity contribution >= 4 is 29.3 Å². The lowest BCUT2D eigenvalue weighted by Crippen LogP contribution is -2.09. The van der Waals surface area contributed by atoms with Gasteiger partial charge in [0.05, 0.1) is 31.0 Å². The standard InChI is InChI=1S/C22H26ClNO4/c1-5-27-19-9-7-6-8-18(19)24-21(25)11-10-16-12-17(23)22(20(13-16)26-4)28-14-15(2)3/h6-13,15H,5,14H2,1-4H3,(H,24,25)/b11-10+. The van der Waals surface area contributed by atoms with E-state index in [9.17, 15) is 4.79 Å². The Hall–Kier alpha value is -2.66. The number of hydrogen-bond donors (Lipinski definition) is 1. The highest BCUT2D eigenvalue weighted by atomic mass is 35.5. The second-order valence-corrected chi connectivity index (χ2v) is 6.90. The van der Waals surface area contributed by atoms with E-state index in [2.05, 4.69) is 19.2 Å². The summed E-state index contributed by atoms with van der Waals surface area (Å²) in [6.07, 6.45) is 3.10. The molecule has 0 aliphatic carbocycles. The third-order valence-electron chi connectivity index (χ3n) is 3.68. The van der Waals surface area contributed by atoms with Gasteiger partial charge < -0.3 is 19.5 Å². The summed E-state index contributed by atoms with van der Waals surface area (Å²) in [5.74, 6) is 1.74. The maximum Gasteiger partial charge on any atom is 0.248 e. The highest BCUT2D eigenvalue weighted by Crippen LogP contribution is 2.37. The molecule has 2 rings (SSSR count). The second-order valence-electron chi connectivity index (χ2n) is 6.49. The zero-order chi connectivity index (χ0) is 20.5. The van der Waals surface area contributed by atoms with Crippen molar-refractivity contribution in [2.45, 2.75) is 20.8 Å². The van der Waals surface area contributed by atoms with Crippen molar-refractivity contribution in [3.8, 4) is 17.2 Å². The third kappa shape index (κ3) is 6.20. The van der Waals surface area contributed by atoms with Gasteiger partial charge in [-0.1, -0.05) is 37.6 Å². The number of methoxy groups -OCH3 is 1. The Balaban J connectivity index is 2.13. The van der Waals surface area contributed by atoms with E-state index in [-0.39, 0.29) is 5.91 Å². The zero-order valence-corrected chi connectivity index (χ0v) is 17.4. The monoisotopic (exact) mass is 403 g/mol. The molecule has 6 heteroatoms. The van der Waals surface area contributed by atoms with Crippen LogP contribution in [-0.4, -0.2) is 26.2 Å². The van der Waals surface area contributed by atoms with E-state index in [1.807, 2.05) is 25.1 Å². The first-order valence-electron chi connectivity index (χ1n) is 9.15. The summed E-state index contributed by atoms with van der Waals surface area (Å²) in [7, 11) is 1.55. The SMILES string of the molecule is CCOc1ccccc1NC(=O)/C=C/c1cc(Cl)c(OCC(C)C)c(OC)c1. The smallest absolute Gasteiger partial charge is 0.248 e. The number of carbonyl (C=O) groups is 1. The maximum absolute atomic E-state index is 12.3. The summed E-state index contributed by atoms with van der Waals surface area (Å²) < 4.78 is 16.6. The lowest BCUT2D eigenvalue weighted by Gasteiger charge is -2.14. The van der Waals surface area contributed by atoms with E-state index in [1.165, 1.54) is 6.08 Å². The van der Waals surface area contributed by atoms with Crippen LogP contribution in [0.2, 0.25) is 5.02 Å². The van der Waals surface area contributed by atoms with Crippen molar-refractivity contribution in [3.63, 3.8) is 0 Å². The number of benzene rings is 2. The van der Waals surface area contributed by atoms with Gasteiger partial charge in [0, 0.05) is 6.08 Å². The van der Waals surface area contributed by atoms with E-state index >= 15 is 0 Å². The van der Waals surface area contributed by atoms with Gasteiger partial charge in [0.15, 0.2) is 11.5 Å². The third-order valence-corrected chi connectivity index (χ3v) is 3.97. The molecule has 1 amide bonds. The van der Waals surface area contributed by atoms with Gasteiger partial charge in [0.1, 0.15) is 5.75 Å². The number of carbonyl (C=O) groups excluding carboxylic acids is 1. The molecule has 0 aromatic heterocycles. The molecule has 1 N–H and O–H groups in total. The molecule has 0 saturated heterocycles. The number of amides is 1. The molecular weight excluding hydrogens is 378 g/mol. The Labute approximate surface area is 171 Å². The van der Waals surface area contributed by atoms with Gasteiger partial charge in [-0.25, -0.2) is 0 Å². The summed E-state index contributed by atoms with van der Waals surface area (Å²) in [5, 5.41) is 3.25. The van der Waals surface area contributed by atoms with Crippen LogP contribution in [0, 0.1) is 5.92 Å². The Morgan fingerprint density at radius 1 is 1.18 bits per heavy atom.